The highest BCUT2D eigenvalue weighted by Gasteiger charge is 2.05. The molecule has 13 heavy (non-hydrogen) atoms. The minimum Gasteiger partial charge on any atom is -0.440 e. The Bertz CT molecular complexity index is 250. The number of rotatable bonds is 5. The summed E-state index contributed by atoms with van der Waals surface area (Å²) in [5.41, 5.74) is 6.77. The molecule has 1 aromatic heterocycles. The van der Waals surface area contributed by atoms with E-state index in [0.29, 0.717) is 0 Å². The molecule has 0 aromatic carbocycles. The maximum Gasteiger partial charge on any atom is 0.255 e. The van der Waals surface area contributed by atoms with Crippen LogP contribution in [0.5, 0.6) is 0 Å². The van der Waals surface area contributed by atoms with Crippen molar-refractivity contribution in [2.45, 2.75) is 38.0 Å². The first-order valence-corrected chi connectivity index (χ1v) is 5.51. The molecular formula is C9H16N2OS. The van der Waals surface area contributed by atoms with Crippen molar-refractivity contribution in [3.05, 3.63) is 12.0 Å². The molecular weight excluding hydrogens is 184 g/mol. The summed E-state index contributed by atoms with van der Waals surface area (Å²) in [5, 5.41) is 0.726. The zero-order chi connectivity index (χ0) is 9.68. The molecule has 0 saturated heterocycles. The Morgan fingerprint density at radius 1 is 1.69 bits per heavy atom. The Morgan fingerprint density at radius 3 is 3.00 bits per heavy atom. The van der Waals surface area contributed by atoms with Gasteiger partial charge in [-0.15, -0.1) is 0 Å². The summed E-state index contributed by atoms with van der Waals surface area (Å²) in [6.07, 6.45) is 3.85. The predicted octanol–water partition coefficient (Wildman–Crippen LogP) is 2.20. The fraction of sp³-hybridized carbons (Fsp3) is 0.667. The van der Waals surface area contributed by atoms with E-state index in [-0.39, 0.29) is 6.04 Å². The molecule has 3 nitrogen and oxygen atoms in total. The second-order valence-corrected chi connectivity index (χ2v) is 4.09. The normalized spacial score (nSPS) is 13.2. The summed E-state index contributed by atoms with van der Waals surface area (Å²) >= 11 is 1.59. The minimum absolute atomic E-state index is 0.252. The SMILES string of the molecule is CCCC(N)CSc1nc(C)co1. The number of thioether (sulfide) groups is 1. The molecule has 74 valence electrons. The van der Waals surface area contributed by atoms with Gasteiger partial charge in [0.2, 0.25) is 0 Å². The van der Waals surface area contributed by atoms with Gasteiger partial charge in [0.1, 0.15) is 6.26 Å². The van der Waals surface area contributed by atoms with E-state index in [1.165, 1.54) is 0 Å². The Balaban J connectivity index is 2.26. The van der Waals surface area contributed by atoms with E-state index >= 15 is 0 Å². The fourth-order valence-corrected chi connectivity index (χ4v) is 1.88. The van der Waals surface area contributed by atoms with Crippen molar-refractivity contribution in [2.75, 3.05) is 5.75 Å². The summed E-state index contributed by atoms with van der Waals surface area (Å²) in [5.74, 6) is 0.883. The molecule has 0 fully saturated rings. The highest BCUT2D eigenvalue weighted by Crippen LogP contribution is 2.17. The maximum atomic E-state index is 5.85. The van der Waals surface area contributed by atoms with Gasteiger partial charge in [0.15, 0.2) is 0 Å². The van der Waals surface area contributed by atoms with E-state index in [9.17, 15) is 0 Å². The smallest absolute Gasteiger partial charge is 0.255 e. The third kappa shape index (κ3) is 3.83. The second-order valence-electron chi connectivity index (χ2n) is 3.11. The molecule has 0 bridgehead atoms. The fourth-order valence-electron chi connectivity index (χ4n) is 1.03. The summed E-state index contributed by atoms with van der Waals surface area (Å²) in [6, 6.07) is 0.252. The number of aryl methyl sites for hydroxylation is 1. The van der Waals surface area contributed by atoms with Crippen LogP contribution >= 0.6 is 11.8 Å². The zero-order valence-corrected chi connectivity index (χ0v) is 8.93. The Hall–Kier alpha value is -0.480. The van der Waals surface area contributed by atoms with Crippen LogP contribution in [-0.4, -0.2) is 16.8 Å². The summed E-state index contributed by atoms with van der Waals surface area (Å²) < 4.78 is 5.19. The van der Waals surface area contributed by atoms with Gasteiger partial charge in [0, 0.05) is 11.8 Å². The Kier molecular flexibility index (Phi) is 4.32. The molecule has 1 rings (SSSR count). The van der Waals surface area contributed by atoms with Crippen molar-refractivity contribution in [1.29, 1.82) is 0 Å². The number of aromatic nitrogens is 1. The third-order valence-electron chi connectivity index (χ3n) is 1.68. The van der Waals surface area contributed by atoms with Crippen molar-refractivity contribution in [1.82, 2.24) is 4.98 Å². The molecule has 0 amide bonds. The van der Waals surface area contributed by atoms with Crippen LogP contribution in [0.1, 0.15) is 25.5 Å². The van der Waals surface area contributed by atoms with E-state index in [1.807, 2.05) is 6.92 Å². The van der Waals surface area contributed by atoms with E-state index in [0.717, 1.165) is 29.5 Å². The molecule has 0 aliphatic heterocycles. The first kappa shape index (κ1) is 10.6. The van der Waals surface area contributed by atoms with Gasteiger partial charge in [-0.2, -0.15) is 0 Å². The van der Waals surface area contributed by atoms with E-state index in [4.69, 9.17) is 10.2 Å². The molecule has 0 aliphatic carbocycles. The molecule has 0 spiro atoms. The third-order valence-corrected chi connectivity index (χ3v) is 2.71. The predicted molar refractivity (Wildman–Crippen MR) is 54.8 cm³/mol. The molecule has 1 unspecified atom stereocenters. The zero-order valence-electron chi connectivity index (χ0n) is 8.12. The first-order valence-electron chi connectivity index (χ1n) is 4.53. The van der Waals surface area contributed by atoms with Gasteiger partial charge in [0.05, 0.1) is 5.69 Å². The minimum atomic E-state index is 0.252. The van der Waals surface area contributed by atoms with Crippen LogP contribution in [-0.2, 0) is 0 Å². The Morgan fingerprint density at radius 2 is 2.46 bits per heavy atom. The van der Waals surface area contributed by atoms with Crippen molar-refractivity contribution in [2.24, 2.45) is 5.73 Å². The lowest BCUT2D eigenvalue weighted by Gasteiger charge is -2.06. The summed E-state index contributed by atoms with van der Waals surface area (Å²) in [4.78, 5) is 4.18. The summed E-state index contributed by atoms with van der Waals surface area (Å²) in [7, 11) is 0. The number of nitrogens with two attached hydrogens (primary N) is 1. The van der Waals surface area contributed by atoms with Gasteiger partial charge in [-0.1, -0.05) is 25.1 Å². The molecule has 4 heteroatoms. The molecule has 1 aromatic rings. The van der Waals surface area contributed by atoms with E-state index in [1.54, 1.807) is 18.0 Å². The van der Waals surface area contributed by atoms with Gasteiger partial charge in [-0.25, -0.2) is 4.98 Å². The monoisotopic (exact) mass is 200 g/mol. The maximum absolute atomic E-state index is 5.85. The van der Waals surface area contributed by atoms with E-state index < -0.39 is 0 Å². The quantitative estimate of drug-likeness (QED) is 0.740. The summed E-state index contributed by atoms with van der Waals surface area (Å²) in [6.45, 7) is 4.05. The van der Waals surface area contributed by atoms with Gasteiger partial charge < -0.3 is 10.2 Å². The van der Waals surface area contributed by atoms with Gasteiger partial charge in [0.25, 0.3) is 5.22 Å². The second kappa shape index (κ2) is 5.29. The van der Waals surface area contributed by atoms with Crippen LogP contribution in [0.4, 0.5) is 0 Å². The lowest BCUT2D eigenvalue weighted by molar-refractivity contribution is 0.453. The van der Waals surface area contributed by atoms with Gasteiger partial charge >= 0.3 is 0 Å². The lowest BCUT2D eigenvalue weighted by atomic mass is 10.2. The average molecular weight is 200 g/mol. The first-order chi connectivity index (χ1) is 6.22. The molecule has 2 N–H and O–H groups in total. The van der Waals surface area contributed by atoms with Gasteiger partial charge in [-0.05, 0) is 13.3 Å². The molecule has 0 saturated carbocycles. The van der Waals surface area contributed by atoms with Crippen LogP contribution < -0.4 is 5.73 Å². The largest absolute Gasteiger partial charge is 0.440 e. The van der Waals surface area contributed by atoms with Crippen LogP contribution in [0, 0.1) is 6.92 Å². The molecule has 1 heterocycles. The van der Waals surface area contributed by atoms with E-state index in [2.05, 4.69) is 11.9 Å². The van der Waals surface area contributed by atoms with Crippen molar-refractivity contribution in [3.8, 4) is 0 Å². The average Bonchev–Trinajstić information content (AvgIpc) is 2.49. The van der Waals surface area contributed by atoms with Crippen LogP contribution in [0.15, 0.2) is 15.9 Å². The van der Waals surface area contributed by atoms with Crippen molar-refractivity contribution >= 4 is 11.8 Å². The molecule has 1 atom stereocenters. The van der Waals surface area contributed by atoms with Crippen LogP contribution in [0.25, 0.3) is 0 Å². The van der Waals surface area contributed by atoms with Gasteiger partial charge in [-0.3, -0.25) is 0 Å². The van der Waals surface area contributed by atoms with Crippen LogP contribution in [0.2, 0.25) is 0 Å². The van der Waals surface area contributed by atoms with Crippen LogP contribution in [0.3, 0.4) is 0 Å². The highest BCUT2D eigenvalue weighted by molar-refractivity contribution is 7.99. The Labute approximate surface area is 83.1 Å². The topological polar surface area (TPSA) is 52.0 Å². The van der Waals surface area contributed by atoms with Crippen molar-refractivity contribution < 1.29 is 4.42 Å². The standard InChI is InChI=1S/C9H16N2OS/c1-3-4-8(10)6-13-9-11-7(2)5-12-9/h5,8H,3-4,6,10H2,1-2H3. The number of hydrogen-bond acceptors (Lipinski definition) is 4. The molecule has 0 radical (unpaired) electrons. The molecule has 0 aliphatic rings. The highest BCUT2D eigenvalue weighted by atomic mass is 32.2. The number of hydrogen-bond donors (Lipinski definition) is 1. The lowest BCUT2D eigenvalue weighted by Crippen LogP contribution is -2.22. The van der Waals surface area contributed by atoms with Crippen molar-refractivity contribution in [3.63, 3.8) is 0 Å². The number of oxazole rings is 1. The number of nitrogens with zero attached hydrogens (tertiary/aromatic N) is 1.